The van der Waals surface area contributed by atoms with Gasteiger partial charge in [0.2, 0.25) is 11.8 Å². The summed E-state index contributed by atoms with van der Waals surface area (Å²) in [5.41, 5.74) is 1.66. The van der Waals surface area contributed by atoms with E-state index in [1.165, 1.54) is 12.1 Å². The van der Waals surface area contributed by atoms with Gasteiger partial charge in [-0.25, -0.2) is 4.39 Å². The lowest BCUT2D eigenvalue weighted by atomic mass is 9.79. The summed E-state index contributed by atoms with van der Waals surface area (Å²) in [7, 11) is 0. The Bertz CT molecular complexity index is 868. The molecular formula is C24H27FN2O2. The number of aryl methyl sites for hydroxylation is 1. The van der Waals surface area contributed by atoms with Crippen molar-refractivity contribution in [3.63, 3.8) is 0 Å². The first-order chi connectivity index (χ1) is 14.1. The highest BCUT2D eigenvalue weighted by Crippen LogP contribution is 2.41. The van der Waals surface area contributed by atoms with Crippen molar-refractivity contribution >= 4 is 11.8 Å². The van der Waals surface area contributed by atoms with Crippen LogP contribution in [-0.4, -0.2) is 35.3 Å². The topological polar surface area (TPSA) is 49.4 Å². The summed E-state index contributed by atoms with van der Waals surface area (Å²) in [5, 5.41) is 3.25. The van der Waals surface area contributed by atoms with Crippen LogP contribution in [0.5, 0.6) is 0 Å². The van der Waals surface area contributed by atoms with Crippen LogP contribution < -0.4 is 5.32 Å². The molecule has 2 fully saturated rings. The summed E-state index contributed by atoms with van der Waals surface area (Å²) in [6, 6.07) is 16.5. The Labute approximate surface area is 171 Å². The van der Waals surface area contributed by atoms with E-state index in [-0.39, 0.29) is 23.5 Å². The smallest absolute Gasteiger partial charge is 0.223 e. The molecule has 0 saturated carbocycles. The SMILES string of the molecule is O=C1CCCC[C@]2(CN(C(=O)CCc3ccccc3)C[C@H]2c2ccc(F)cc2)N1. The first-order valence-corrected chi connectivity index (χ1v) is 10.4. The van der Waals surface area contributed by atoms with Crippen LogP contribution in [0.25, 0.3) is 0 Å². The third-order valence-electron chi connectivity index (χ3n) is 6.30. The Morgan fingerprint density at radius 1 is 1.10 bits per heavy atom. The quantitative estimate of drug-likeness (QED) is 0.857. The fourth-order valence-electron chi connectivity index (χ4n) is 4.78. The zero-order valence-electron chi connectivity index (χ0n) is 16.6. The van der Waals surface area contributed by atoms with Crippen LogP contribution in [0.4, 0.5) is 4.39 Å². The van der Waals surface area contributed by atoms with Crippen molar-refractivity contribution in [3.05, 3.63) is 71.5 Å². The number of nitrogens with one attached hydrogen (secondary N) is 1. The highest BCUT2D eigenvalue weighted by Gasteiger charge is 2.49. The molecule has 2 saturated heterocycles. The maximum Gasteiger partial charge on any atom is 0.223 e. The number of likely N-dealkylation sites (tertiary alicyclic amines) is 1. The van der Waals surface area contributed by atoms with E-state index >= 15 is 0 Å². The molecule has 2 atom stereocenters. The second kappa shape index (κ2) is 8.36. The molecule has 2 aliphatic heterocycles. The molecule has 152 valence electrons. The molecule has 2 amide bonds. The maximum atomic E-state index is 13.5. The number of amides is 2. The predicted molar refractivity (Wildman–Crippen MR) is 110 cm³/mol. The van der Waals surface area contributed by atoms with E-state index in [2.05, 4.69) is 5.32 Å². The minimum Gasteiger partial charge on any atom is -0.348 e. The maximum absolute atomic E-state index is 13.5. The van der Waals surface area contributed by atoms with Gasteiger partial charge in [0.15, 0.2) is 0 Å². The zero-order valence-corrected chi connectivity index (χ0v) is 16.6. The summed E-state index contributed by atoms with van der Waals surface area (Å²) < 4.78 is 13.5. The average Bonchev–Trinajstić information content (AvgIpc) is 2.98. The number of nitrogens with zero attached hydrogens (tertiary/aromatic N) is 1. The number of rotatable bonds is 4. The minimum atomic E-state index is -0.464. The van der Waals surface area contributed by atoms with Crippen molar-refractivity contribution in [2.75, 3.05) is 13.1 Å². The van der Waals surface area contributed by atoms with E-state index in [1.807, 2.05) is 35.2 Å². The molecule has 1 N–H and O–H groups in total. The molecule has 2 aromatic carbocycles. The summed E-state index contributed by atoms with van der Waals surface area (Å²) in [6.07, 6.45) is 4.33. The lowest BCUT2D eigenvalue weighted by Crippen LogP contribution is -2.52. The first kappa shape index (κ1) is 19.6. The van der Waals surface area contributed by atoms with Crippen LogP contribution in [0, 0.1) is 5.82 Å². The molecule has 1 spiro atoms. The highest BCUT2D eigenvalue weighted by atomic mass is 19.1. The van der Waals surface area contributed by atoms with Crippen molar-refractivity contribution in [2.24, 2.45) is 0 Å². The number of carbonyl (C=O) groups is 2. The van der Waals surface area contributed by atoms with Crippen LogP contribution in [0.15, 0.2) is 54.6 Å². The molecule has 0 unspecified atom stereocenters. The van der Waals surface area contributed by atoms with Gasteiger partial charge in [0.05, 0.1) is 5.54 Å². The molecule has 4 nitrogen and oxygen atoms in total. The molecule has 5 heteroatoms. The van der Waals surface area contributed by atoms with Crippen LogP contribution in [0.2, 0.25) is 0 Å². The minimum absolute atomic E-state index is 0.0224. The Kier molecular flexibility index (Phi) is 5.65. The van der Waals surface area contributed by atoms with Gasteiger partial charge < -0.3 is 10.2 Å². The number of hydrogen-bond acceptors (Lipinski definition) is 2. The van der Waals surface area contributed by atoms with Gasteiger partial charge in [0.1, 0.15) is 5.82 Å². The van der Waals surface area contributed by atoms with Crippen LogP contribution in [-0.2, 0) is 16.0 Å². The third kappa shape index (κ3) is 4.34. The van der Waals surface area contributed by atoms with E-state index in [1.54, 1.807) is 12.1 Å². The molecular weight excluding hydrogens is 367 g/mol. The molecule has 4 rings (SSSR count). The Hall–Kier alpha value is -2.69. The van der Waals surface area contributed by atoms with Crippen LogP contribution in [0.3, 0.4) is 0 Å². The third-order valence-corrected chi connectivity index (χ3v) is 6.30. The van der Waals surface area contributed by atoms with Gasteiger partial charge in [-0.1, -0.05) is 48.9 Å². The number of benzene rings is 2. The van der Waals surface area contributed by atoms with Crippen LogP contribution >= 0.6 is 0 Å². The van der Waals surface area contributed by atoms with E-state index in [9.17, 15) is 14.0 Å². The summed E-state index contributed by atoms with van der Waals surface area (Å²) in [6.45, 7) is 1.08. The van der Waals surface area contributed by atoms with Crippen molar-refractivity contribution in [3.8, 4) is 0 Å². The molecule has 29 heavy (non-hydrogen) atoms. The normalized spacial score (nSPS) is 24.4. The standard InChI is InChI=1S/C24H27FN2O2/c25-20-12-10-19(11-13-20)21-16-27(17-24(21)15-5-4-8-22(28)26-24)23(29)14-9-18-6-2-1-3-7-18/h1-3,6-7,10-13,21H,4-5,8-9,14-17H2,(H,26,28)/t21-,24+/m0/s1. The molecule has 0 aromatic heterocycles. The highest BCUT2D eigenvalue weighted by molar-refractivity contribution is 5.79. The van der Waals surface area contributed by atoms with Gasteiger partial charge in [0.25, 0.3) is 0 Å². The second-order valence-electron chi connectivity index (χ2n) is 8.28. The number of hydrogen-bond donors (Lipinski definition) is 1. The Morgan fingerprint density at radius 2 is 1.86 bits per heavy atom. The van der Waals surface area contributed by atoms with Gasteiger partial charge in [0, 0.05) is 31.8 Å². The van der Waals surface area contributed by atoms with Gasteiger partial charge in [-0.05, 0) is 42.5 Å². The van der Waals surface area contributed by atoms with Crippen LogP contribution in [0.1, 0.15) is 49.1 Å². The van der Waals surface area contributed by atoms with E-state index in [0.29, 0.717) is 32.4 Å². The number of halogens is 1. The summed E-state index contributed by atoms with van der Waals surface area (Å²) in [4.78, 5) is 27.3. The van der Waals surface area contributed by atoms with Crippen molar-refractivity contribution in [2.45, 2.75) is 50.0 Å². The monoisotopic (exact) mass is 394 g/mol. The van der Waals surface area contributed by atoms with Crippen molar-refractivity contribution in [1.82, 2.24) is 10.2 Å². The zero-order chi connectivity index (χ0) is 20.3. The van der Waals surface area contributed by atoms with Gasteiger partial charge in [-0.3, -0.25) is 9.59 Å². The lowest BCUT2D eigenvalue weighted by molar-refractivity contribution is -0.131. The van der Waals surface area contributed by atoms with Gasteiger partial charge in [-0.2, -0.15) is 0 Å². The van der Waals surface area contributed by atoms with E-state index < -0.39 is 5.54 Å². The van der Waals surface area contributed by atoms with E-state index in [4.69, 9.17) is 0 Å². The van der Waals surface area contributed by atoms with Gasteiger partial charge >= 0.3 is 0 Å². The first-order valence-electron chi connectivity index (χ1n) is 10.4. The van der Waals surface area contributed by atoms with Crippen molar-refractivity contribution < 1.29 is 14.0 Å². The van der Waals surface area contributed by atoms with Gasteiger partial charge in [-0.15, -0.1) is 0 Å². The Balaban J connectivity index is 1.55. The molecule has 2 aromatic rings. The second-order valence-corrected chi connectivity index (χ2v) is 8.28. The molecule has 0 aliphatic carbocycles. The predicted octanol–water partition coefficient (Wildman–Crippen LogP) is 3.81. The van der Waals surface area contributed by atoms with E-state index in [0.717, 1.165) is 30.4 Å². The fraction of sp³-hybridized carbons (Fsp3) is 0.417. The molecule has 2 heterocycles. The molecule has 2 aliphatic rings. The summed E-state index contributed by atoms with van der Waals surface area (Å²) >= 11 is 0. The van der Waals surface area contributed by atoms with Crippen molar-refractivity contribution in [1.29, 1.82) is 0 Å². The average molecular weight is 394 g/mol. The fourth-order valence-corrected chi connectivity index (χ4v) is 4.78. The molecule has 0 bridgehead atoms. The largest absolute Gasteiger partial charge is 0.348 e. The Morgan fingerprint density at radius 3 is 2.62 bits per heavy atom. The number of carbonyl (C=O) groups excluding carboxylic acids is 2. The lowest BCUT2D eigenvalue weighted by Gasteiger charge is -2.34. The molecule has 0 radical (unpaired) electrons. The summed E-state index contributed by atoms with van der Waals surface area (Å²) in [5.74, 6) is -0.142.